The maximum Gasteiger partial charge on any atom is 0.123 e. The van der Waals surface area contributed by atoms with E-state index in [0.717, 1.165) is 48.2 Å². The van der Waals surface area contributed by atoms with Gasteiger partial charge < -0.3 is 11.5 Å². The minimum absolute atomic E-state index is 0. The number of hydrogen-bond donors (Lipinski definition) is 2. The molecule has 2 heterocycles. The lowest BCUT2D eigenvalue weighted by Gasteiger charge is -2.08. The second-order valence-corrected chi connectivity index (χ2v) is 8.14. The first-order chi connectivity index (χ1) is 14.4. The van der Waals surface area contributed by atoms with Crippen molar-refractivity contribution in [1.29, 1.82) is 0 Å². The summed E-state index contributed by atoms with van der Waals surface area (Å²) in [5, 5.41) is 2.54. The second kappa shape index (κ2) is 8.54. The first-order valence-electron chi connectivity index (χ1n) is 10.4. The molecule has 0 saturated carbocycles. The summed E-state index contributed by atoms with van der Waals surface area (Å²) in [6.07, 6.45) is 3.67. The van der Waals surface area contributed by atoms with Crippen LogP contribution in [0.5, 0.6) is 0 Å². The molecule has 4 rings (SSSR count). The zero-order valence-corrected chi connectivity index (χ0v) is 17.7. The molecule has 0 fully saturated rings. The number of fused-ring (bicyclic) bond motifs is 1. The Morgan fingerprint density at radius 3 is 1.50 bits per heavy atom. The van der Waals surface area contributed by atoms with Gasteiger partial charge in [0.25, 0.3) is 0 Å². The van der Waals surface area contributed by atoms with Crippen LogP contribution in [0.25, 0.3) is 10.8 Å². The minimum Gasteiger partial charge on any atom is -0.384 e. The molecule has 0 aliphatic heterocycles. The van der Waals surface area contributed by atoms with Gasteiger partial charge in [-0.05, 0) is 96.8 Å². The summed E-state index contributed by atoms with van der Waals surface area (Å²) < 4.78 is 0. The number of pyridine rings is 2. The summed E-state index contributed by atoms with van der Waals surface area (Å²) >= 11 is 0. The van der Waals surface area contributed by atoms with E-state index in [9.17, 15) is 0 Å². The molecule has 0 aliphatic carbocycles. The van der Waals surface area contributed by atoms with E-state index >= 15 is 0 Å². The number of nitrogen functional groups attached to an aromatic ring is 2. The van der Waals surface area contributed by atoms with E-state index in [4.69, 9.17) is 11.5 Å². The molecule has 0 radical (unpaired) electrons. The van der Waals surface area contributed by atoms with E-state index in [1.807, 2.05) is 12.1 Å². The smallest absolute Gasteiger partial charge is 0.123 e. The Morgan fingerprint density at radius 1 is 0.600 bits per heavy atom. The van der Waals surface area contributed by atoms with Crippen molar-refractivity contribution < 1.29 is 1.43 Å². The van der Waals surface area contributed by atoms with Crippen LogP contribution in [0.1, 0.15) is 35.1 Å². The molecule has 4 nitrogen and oxygen atoms in total. The summed E-state index contributed by atoms with van der Waals surface area (Å²) in [7, 11) is 0. The quantitative estimate of drug-likeness (QED) is 0.466. The van der Waals surface area contributed by atoms with E-state index in [1.165, 1.54) is 21.9 Å². The van der Waals surface area contributed by atoms with Crippen LogP contribution in [-0.4, -0.2) is 9.97 Å². The van der Waals surface area contributed by atoms with Crippen molar-refractivity contribution >= 4 is 22.4 Å². The van der Waals surface area contributed by atoms with Crippen molar-refractivity contribution in [2.24, 2.45) is 0 Å². The molecule has 0 saturated heterocycles. The van der Waals surface area contributed by atoms with Crippen LogP contribution in [-0.2, 0) is 25.7 Å². The van der Waals surface area contributed by atoms with Gasteiger partial charge in [0.15, 0.2) is 0 Å². The maximum atomic E-state index is 5.88. The lowest BCUT2D eigenvalue weighted by atomic mass is 9.99. The molecule has 0 amide bonds. The highest BCUT2D eigenvalue weighted by atomic mass is 14.8. The summed E-state index contributed by atoms with van der Waals surface area (Å²) in [4.78, 5) is 8.91. The van der Waals surface area contributed by atoms with Crippen LogP contribution in [0, 0.1) is 13.8 Å². The van der Waals surface area contributed by atoms with E-state index < -0.39 is 0 Å². The predicted octanol–water partition coefficient (Wildman–Crippen LogP) is 5.23. The largest absolute Gasteiger partial charge is 0.384 e. The Morgan fingerprint density at radius 2 is 1.07 bits per heavy atom. The third-order valence-electron chi connectivity index (χ3n) is 5.39. The van der Waals surface area contributed by atoms with E-state index in [1.54, 1.807) is 0 Å². The van der Waals surface area contributed by atoms with Crippen molar-refractivity contribution in [2.45, 2.75) is 39.5 Å². The van der Waals surface area contributed by atoms with Crippen LogP contribution >= 0.6 is 0 Å². The van der Waals surface area contributed by atoms with Crippen LogP contribution < -0.4 is 11.5 Å². The molecule has 0 atom stereocenters. The van der Waals surface area contributed by atoms with Gasteiger partial charge in [0.05, 0.1) is 0 Å². The van der Waals surface area contributed by atoms with Gasteiger partial charge in [-0.3, -0.25) is 0 Å². The van der Waals surface area contributed by atoms with Crippen molar-refractivity contribution in [3.8, 4) is 0 Å². The Hall–Kier alpha value is -3.40. The molecule has 2 aromatic carbocycles. The number of hydrogen-bond acceptors (Lipinski definition) is 4. The lowest BCUT2D eigenvalue weighted by Crippen LogP contribution is -2.00. The van der Waals surface area contributed by atoms with Crippen LogP contribution in [0.3, 0.4) is 0 Å². The minimum atomic E-state index is 0. The molecular weight excluding hydrogens is 368 g/mol. The second-order valence-electron chi connectivity index (χ2n) is 8.14. The Kier molecular flexibility index (Phi) is 5.66. The van der Waals surface area contributed by atoms with Crippen molar-refractivity contribution in [3.05, 3.63) is 94.3 Å². The molecule has 4 N–H and O–H groups in total. The standard InChI is InChI=1S/C26H28N4.H2/c1-17-11-23(29-25(27)13-17)9-5-19-3-7-21-8-4-20(16-22(21)15-19)6-10-24-12-18(2)14-26(28)30-24;/h3-4,7-8,11-16H,5-6,9-10H2,1-2H3,(H2,27,29)(H2,28,30);1H. The van der Waals surface area contributed by atoms with Gasteiger partial charge in [0.1, 0.15) is 11.6 Å². The van der Waals surface area contributed by atoms with Crippen LogP contribution in [0.15, 0.2) is 60.7 Å². The molecular formula is C26H30N4. The Labute approximate surface area is 179 Å². The maximum absolute atomic E-state index is 5.88. The molecule has 154 valence electrons. The summed E-state index contributed by atoms with van der Waals surface area (Å²) in [6.45, 7) is 4.11. The summed E-state index contributed by atoms with van der Waals surface area (Å²) in [5.41, 5.74) is 18.8. The fourth-order valence-electron chi connectivity index (χ4n) is 3.99. The number of anilines is 2. The molecule has 0 unspecified atom stereocenters. The van der Waals surface area contributed by atoms with Gasteiger partial charge in [-0.15, -0.1) is 0 Å². The van der Waals surface area contributed by atoms with Gasteiger partial charge in [0, 0.05) is 12.8 Å². The number of aryl methyl sites for hydroxylation is 6. The van der Waals surface area contributed by atoms with E-state index in [2.05, 4.69) is 72.3 Å². The number of nitrogens with two attached hydrogens (primary N) is 2. The average molecular weight is 399 g/mol. The summed E-state index contributed by atoms with van der Waals surface area (Å²) in [5.74, 6) is 1.19. The molecule has 0 bridgehead atoms. The monoisotopic (exact) mass is 398 g/mol. The summed E-state index contributed by atoms with van der Waals surface area (Å²) in [6, 6.07) is 21.4. The fraction of sp³-hybridized carbons (Fsp3) is 0.231. The SMILES string of the molecule is Cc1cc(N)nc(CCc2ccc3ccc(CCc4cc(C)cc(N)n4)cc3c2)c1.[HH]. The Balaban J connectivity index is 0.00000272. The van der Waals surface area contributed by atoms with Gasteiger partial charge in [-0.1, -0.05) is 36.4 Å². The highest BCUT2D eigenvalue weighted by Crippen LogP contribution is 2.21. The van der Waals surface area contributed by atoms with Gasteiger partial charge in [-0.2, -0.15) is 0 Å². The molecule has 4 heteroatoms. The van der Waals surface area contributed by atoms with Crippen molar-refractivity contribution in [1.82, 2.24) is 9.97 Å². The molecule has 0 spiro atoms. The van der Waals surface area contributed by atoms with E-state index in [-0.39, 0.29) is 1.43 Å². The number of nitrogens with zero attached hydrogens (tertiary/aromatic N) is 2. The van der Waals surface area contributed by atoms with Crippen LogP contribution in [0.2, 0.25) is 0 Å². The van der Waals surface area contributed by atoms with Crippen LogP contribution in [0.4, 0.5) is 11.6 Å². The zero-order chi connectivity index (χ0) is 21.1. The third-order valence-corrected chi connectivity index (χ3v) is 5.39. The first-order valence-corrected chi connectivity index (χ1v) is 10.4. The molecule has 4 aromatic rings. The van der Waals surface area contributed by atoms with Gasteiger partial charge in [-0.25, -0.2) is 9.97 Å². The third kappa shape index (κ3) is 4.95. The predicted molar refractivity (Wildman–Crippen MR) is 128 cm³/mol. The fourth-order valence-corrected chi connectivity index (χ4v) is 3.99. The number of aromatic nitrogens is 2. The average Bonchev–Trinajstić information content (AvgIpc) is 2.69. The van der Waals surface area contributed by atoms with Gasteiger partial charge >= 0.3 is 0 Å². The Bertz CT molecular complexity index is 1070. The zero-order valence-electron chi connectivity index (χ0n) is 17.7. The molecule has 30 heavy (non-hydrogen) atoms. The first kappa shape index (κ1) is 19.9. The molecule has 0 aliphatic rings. The van der Waals surface area contributed by atoms with Crippen molar-refractivity contribution in [2.75, 3.05) is 11.5 Å². The number of benzene rings is 2. The normalized spacial score (nSPS) is 11.1. The topological polar surface area (TPSA) is 77.8 Å². The highest BCUT2D eigenvalue weighted by molar-refractivity contribution is 5.83. The highest BCUT2D eigenvalue weighted by Gasteiger charge is 2.04. The van der Waals surface area contributed by atoms with Crippen molar-refractivity contribution in [3.63, 3.8) is 0 Å². The number of rotatable bonds is 6. The van der Waals surface area contributed by atoms with Gasteiger partial charge in [0.2, 0.25) is 0 Å². The lowest BCUT2D eigenvalue weighted by molar-refractivity contribution is 0.912. The molecule has 2 aromatic heterocycles. The van der Waals surface area contributed by atoms with E-state index in [0.29, 0.717) is 11.6 Å².